The third-order valence-electron chi connectivity index (χ3n) is 9.93. The van der Waals surface area contributed by atoms with E-state index in [9.17, 15) is 9.90 Å². The molecule has 5 rings (SSSR count). The van der Waals surface area contributed by atoms with Crippen LogP contribution < -0.4 is 0 Å². The number of benzene rings is 4. The van der Waals surface area contributed by atoms with E-state index >= 15 is 0 Å². The van der Waals surface area contributed by atoms with Gasteiger partial charge >= 0.3 is 0 Å². The van der Waals surface area contributed by atoms with E-state index in [0.717, 1.165) is 39.7 Å². The number of nitrogens with zero attached hydrogens (tertiary/aromatic N) is 1. The summed E-state index contributed by atoms with van der Waals surface area (Å²) in [4.78, 5) is 20.4. The van der Waals surface area contributed by atoms with Gasteiger partial charge in [0.2, 0.25) is 0 Å². The number of nitrogens with one attached hydrogen (secondary N) is 1. The highest BCUT2D eigenvalue weighted by Crippen LogP contribution is 2.38. The number of aliphatic imine (C=N–C) groups is 1. The van der Waals surface area contributed by atoms with Crippen molar-refractivity contribution in [1.82, 2.24) is 4.98 Å². The molecule has 266 valence electrons. The van der Waals surface area contributed by atoms with Crippen molar-refractivity contribution in [2.24, 2.45) is 4.99 Å². The highest BCUT2D eigenvalue weighted by Gasteiger charge is 2.25. The number of aldehydes is 1. The van der Waals surface area contributed by atoms with Gasteiger partial charge in [-0.25, -0.2) is 0 Å². The molecule has 1 aromatic heterocycles. The lowest BCUT2D eigenvalue weighted by Crippen LogP contribution is -2.16. The highest BCUT2D eigenvalue weighted by atomic mass is 16.3. The summed E-state index contributed by atoms with van der Waals surface area (Å²) in [5.74, 6) is -0.0822. The predicted octanol–water partition coefficient (Wildman–Crippen LogP) is 12.2. The Morgan fingerprint density at radius 1 is 0.549 bits per heavy atom. The Bertz CT molecular complexity index is 2020. The maximum absolute atomic E-state index is 12.7. The Morgan fingerprint density at radius 3 is 1.24 bits per heavy atom. The summed E-state index contributed by atoms with van der Waals surface area (Å²) in [5, 5.41) is 11.3. The van der Waals surface area contributed by atoms with Crippen LogP contribution in [0.1, 0.15) is 127 Å². The zero-order valence-electron chi connectivity index (χ0n) is 33.0. The summed E-state index contributed by atoms with van der Waals surface area (Å²) < 4.78 is 0. The van der Waals surface area contributed by atoms with Crippen LogP contribution in [0.15, 0.2) is 89.9 Å². The van der Waals surface area contributed by atoms with Crippen LogP contribution in [0.25, 0.3) is 33.5 Å². The Kier molecular flexibility index (Phi) is 9.90. The van der Waals surface area contributed by atoms with E-state index in [0.29, 0.717) is 22.5 Å². The number of hydrogen-bond acceptors (Lipinski definition) is 3. The van der Waals surface area contributed by atoms with Crippen molar-refractivity contribution in [2.45, 2.75) is 105 Å². The van der Waals surface area contributed by atoms with E-state index in [4.69, 9.17) is 0 Å². The number of aromatic amines is 1. The number of hydrogen-bond donors (Lipinski definition) is 2. The number of aromatic nitrogens is 1. The SMILES string of the molecule is CN=C(c1ccc(-c2cc(C(C)(C)C)cc(C(C)(C)C)c2)cc1)c1c(O)[nH]c(-c2ccc(-c3cc(C(C)(C)C)cc(C(C)(C)C)c3)cc2)c1C=O. The first kappa shape index (κ1) is 37.6. The van der Waals surface area contributed by atoms with E-state index in [1.54, 1.807) is 7.05 Å². The molecule has 0 atom stereocenters. The molecule has 0 aliphatic rings. The summed E-state index contributed by atoms with van der Waals surface area (Å²) in [7, 11) is 1.69. The summed E-state index contributed by atoms with van der Waals surface area (Å²) in [6, 6.07) is 30.2. The fourth-order valence-electron chi connectivity index (χ4n) is 6.44. The van der Waals surface area contributed by atoms with E-state index in [2.05, 4.69) is 154 Å². The zero-order valence-corrected chi connectivity index (χ0v) is 33.0. The second-order valence-electron chi connectivity index (χ2n) is 18.1. The van der Waals surface area contributed by atoms with Gasteiger partial charge in [-0.2, -0.15) is 0 Å². The molecule has 0 unspecified atom stereocenters. The highest BCUT2D eigenvalue weighted by molar-refractivity contribution is 6.19. The molecule has 1 heterocycles. The fraction of sp³-hybridized carbons (Fsp3) is 0.362. The van der Waals surface area contributed by atoms with Gasteiger partial charge in [0.1, 0.15) is 0 Å². The summed E-state index contributed by atoms with van der Waals surface area (Å²) in [6.07, 6.45) is 0.808. The van der Waals surface area contributed by atoms with E-state index < -0.39 is 0 Å². The van der Waals surface area contributed by atoms with Crippen molar-refractivity contribution in [3.05, 3.63) is 124 Å². The van der Waals surface area contributed by atoms with Crippen molar-refractivity contribution < 1.29 is 9.90 Å². The number of rotatable bonds is 6. The third kappa shape index (κ3) is 7.96. The largest absolute Gasteiger partial charge is 0.494 e. The van der Waals surface area contributed by atoms with Crippen molar-refractivity contribution >= 4 is 12.0 Å². The normalized spacial score (nSPS) is 13.1. The van der Waals surface area contributed by atoms with Gasteiger partial charge in [0.25, 0.3) is 0 Å². The van der Waals surface area contributed by atoms with Gasteiger partial charge < -0.3 is 10.1 Å². The number of carbonyl (C=O) groups is 1. The lowest BCUT2D eigenvalue weighted by molar-refractivity contribution is 0.112. The van der Waals surface area contributed by atoms with Crippen LogP contribution in [-0.2, 0) is 21.7 Å². The van der Waals surface area contributed by atoms with Crippen molar-refractivity contribution in [3.8, 4) is 39.4 Å². The lowest BCUT2D eigenvalue weighted by Gasteiger charge is -2.26. The molecule has 0 amide bonds. The molecule has 4 nitrogen and oxygen atoms in total. The standard InChI is InChI=1S/C47H56N2O2/c1-44(2,3)35-22-33(23-36(26-35)45(4,5)6)29-14-18-31(19-15-29)41-39(28-50)40(43(51)49-41)42(48-13)32-20-16-30(17-21-32)34-24-37(46(7,8)9)27-38(25-34)47(10,11)12/h14-28,49,51H,1-13H3. The van der Waals surface area contributed by atoms with Crippen LogP contribution in [0.4, 0.5) is 0 Å². The molecule has 0 saturated carbocycles. The van der Waals surface area contributed by atoms with Gasteiger partial charge in [-0.05, 0) is 71.7 Å². The van der Waals surface area contributed by atoms with Gasteiger partial charge in [0.15, 0.2) is 12.2 Å². The van der Waals surface area contributed by atoms with E-state index in [1.807, 2.05) is 24.3 Å². The molecule has 5 aromatic rings. The van der Waals surface area contributed by atoms with Gasteiger partial charge in [-0.3, -0.25) is 9.79 Å². The van der Waals surface area contributed by atoms with Crippen LogP contribution >= 0.6 is 0 Å². The summed E-state index contributed by atoms with van der Waals surface area (Å²) in [6.45, 7) is 26.9. The molecule has 4 heteroatoms. The number of H-pyrrole nitrogens is 1. The maximum Gasteiger partial charge on any atom is 0.199 e. The lowest BCUT2D eigenvalue weighted by atomic mass is 9.79. The minimum absolute atomic E-state index is 0.0129. The van der Waals surface area contributed by atoms with Gasteiger partial charge in [0.05, 0.1) is 22.5 Å². The minimum atomic E-state index is -0.0822. The Hall–Kier alpha value is -4.70. The maximum atomic E-state index is 12.7. The molecule has 51 heavy (non-hydrogen) atoms. The van der Waals surface area contributed by atoms with Crippen molar-refractivity contribution in [1.29, 1.82) is 0 Å². The van der Waals surface area contributed by atoms with Crippen LogP contribution in [0, 0.1) is 0 Å². The predicted molar refractivity (Wildman–Crippen MR) is 217 cm³/mol. The van der Waals surface area contributed by atoms with Crippen LogP contribution in [-0.4, -0.2) is 29.1 Å². The quantitative estimate of drug-likeness (QED) is 0.138. The second kappa shape index (κ2) is 13.5. The van der Waals surface area contributed by atoms with Crippen LogP contribution in [0.5, 0.6) is 5.88 Å². The molecule has 0 fully saturated rings. The Labute approximate surface area is 306 Å². The Morgan fingerprint density at radius 2 is 0.902 bits per heavy atom. The summed E-state index contributed by atoms with van der Waals surface area (Å²) >= 11 is 0. The zero-order chi connectivity index (χ0) is 37.7. The molecule has 0 bridgehead atoms. The van der Waals surface area contributed by atoms with Crippen molar-refractivity contribution in [2.75, 3.05) is 7.05 Å². The van der Waals surface area contributed by atoms with E-state index in [1.165, 1.54) is 22.3 Å². The smallest absolute Gasteiger partial charge is 0.199 e. The van der Waals surface area contributed by atoms with Gasteiger partial charge in [-0.15, -0.1) is 0 Å². The molecular formula is C47H56N2O2. The number of aromatic hydroxyl groups is 1. The molecule has 0 saturated heterocycles. The van der Waals surface area contributed by atoms with Gasteiger partial charge in [-0.1, -0.05) is 168 Å². The Balaban J connectivity index is 1.51. The average molecular weight is 681 g/mol. The molecule has 2 N–H and O–H groups in total. The monoisotopic (exact) mass is 680 g/mol. The fourth-order valence-corrected chi connectivity index (χ4v) is 6.44. The first-order valence-electron chi connectivity index (χ1n) is 18.0. The topological polar surface area (TPSA) is 65.5 Å². The average Bonchev–Trinajstić information content (AvgIpc) is 3.39. The van der Waals surface area contributed by atoms with Crippen molar-refractivity contribution in [3.63, 3.8) is 0 Å². The minimum Gasteiger partial charge on any atom is -0.494 e. The molecule has 0 aliphatic heterocycles. The number of carbonyl (C=O) groups excluding carboxylic acids is 1. The van der Waals surface area contributed by atoms with E-state index in [-0.39, 0.29) is 27.5 Å². The molecular weight excluding hydrogens is 625 g/mol. The first-order valence-corrected chi connectivity index (χ1v) is 18.0. The molecule has 0 aliphatic carbocycles. The van der Waals surface area contributed by atoms with Gasteiger partial charge in [0, 0.05) is 12.6 Å². The molecule has 4 aromatic carbocycles. The van der Waals surface area contributed by atoms with Crippen LogP contribution in [0.2, 0.25) is 0 Å². The summed E-state index contributed by atoms with van der Waals surface area (Å²) in [5.41, 5.74) is 13.3. The molecule has 0 spiro atoms. The third-order valence-corrected chi connectivity index (χ3v) is 9.93. The first-order chi connectivity index (χ1) is 23.6. The molecule has 0 radical (unpaired) electrons. The van der Waals surface area contributed by atoms with Crippen LogP contribution in [0.3, 0.4) is 0 Å². The second-order valence-corrected chi connectivity index (χ2v) is 18.1.